The molecule has 2 aromatic carbocycles. The Balaban J connectivity index is 2.06. The van der Waals surface area contributed by atoms with E-state index < -0.39 is 66.2 Å². The van der Waals surface area contributed by atoms with Gasteiger partial charge in [0.25, 0.3) is 0 Å². The second-order valence-corrected chi connectivity index (χ2v) is 11.6. The first-order valence-corrected chi connectivity index (χ1v) is 12.5. The molecule has 6 nitrogen and oxygen atoms in total. The molecule has 0 amide bonds. The zero-order valence-electron chi connectivity index (χ0n) is 16.8. The molecule has 0 aromatic heterocycles. The molecule has 1 fully saturated rings. The van der Waals surface area contributed by atoms with Crippen LogP contribution in [-0.4, -0.2) is 34.7 Å². The number of carbonyl (C=O) groups is 1. The molecule has 0 saturated heterocycles. The van der Waals surface area contributed by atoms with E-state index in [4.69, 9.17) is 0 Å². The first kappa shape index (κ1) is 25.2. The number of carbonyl (C=O) groups excluding carboxylic acids is 1. The fraction of sp³-hybridized carbons (Fsp3) is 0.350. The van der Waals surface area contributed by atoms with Crippen molar-refractivity contribution in [2.45, 2.75) is 46.9 Å². The van der Waals surface area contributed by atoms with Crippen molar-refractivity contribution >= 4 is 26.1 Å². The van der Waals surface area contributed by atoms with Gasteiger partial charge in [0.05, 0.1) is 4.90 Å². The summed E-state index contributed by atoms with van der Waals surface area (Å²) in [5.41, 5.74) is -5.88. The van der Waals surface area contributed by atoms with Crippen molar-refractivity contribution in [3.63, 3.8) is 0 Å². The number of halogens is 5. The van der Waals surface area contributed by atoms with Crippen LogP contribution in [0.1, 0.15) is 41.6 Å². The molecular formula is C20H18F5NO5S2. The van der Waals surface area contributed by atoms with Gasteiger partial charge in [-0.2, -0.15) is 13.2 Å². The first-order valence-electron chi connectivity index (χ1n) is 9.57. The minimum Gasteiger partial charge on any atom is -0.298 e. The third-order valence-electron chi connectivity index (χ3n) is 5.68. The molecular weight excluding hydrogens is 493 g/mol. The summed E-state index contributed by atoms with van der Waals surface area (Å²) in [6.45, 7) is 0. The lowest BCUT2D eigenvalue weighted by atomic mass is 9.80. The van der Waals surface area contributed by atoms with Crippen LogP contribution in [0.4, 0.5) is 22.0 Å². The second-order valence-electron chi connectivity index (χ2n) is 7.65. The van der Waals surface area contributed by atoms with Crippen molar-refractivity contribution in [2.24, 2.45) is 0 Å². The van der Waals surface area contributed by atoms with Crippen molar-refractivity contribution in [1.82, 2.24) is 4.72 Å². The highest BCUT2D eigenvalue weighted by Gasteiger charge is 2.52. The average molecular weight is 511 g/mol. The van der Waals surface area contributed by atoms with Crippen molar-refractivity contribution in [3.8, 4) is 0 Å². The highest BCUT2D eigenvalue weighted by Crippen LogP contribution is 2.48. The maximum absolute atomic E-state index is 14.8. The molecule has 0 atom stereocenters. The van der Waals surface area contributed by atoms with Crippen LogP contribution in [0.5, 0.6) is 0 Å². The van der Waals surface area contributed by atoms with Crippen molar-refractivity contribution in [1.29, 1.82) is 0 Å². The Morgan fingerprint density at radius 2 is 1.52 bits per heavy atom. The highest BCUT2D eigenvalue weighted by atomic mass is 32.2. The van der Waals surface area contributed by atoms with Gasteiger partial charge in [0.15, 0.2) is 9.84 Å². The molecule has 33 heavy (non-hydrogen) atoms. The Morgan fingerprint density at radius 3 is 2.03 bits per heavy atom. The molecule has 0 spiro atoms. The number of hydrogen-bond donors (Lipinski definition) is 1. The molecule has 1 aliphatic carbocycles. The van der Waals surface area contributed by atoms with Gasteiger partial charge in [-0.25, -0.2) is 30.3 Å². The SMILES string of the molecule is O=Cc1ccc(S(=O)(=O)[C@]2(c3cc(F)ccc3F)CC[C@H](NS(=O)(=O)C(F)(F)F)CC2)cc1. The van der Waals surface area contributed by atoms with Crippen LogP contribution >= 0.6 is 0 Å². The standard InChI is InChI=1S/C20H18F5NO5S2/c21-14-3-6-18(22)17(11-14)19(32(28,29)16-4-1-13(12-27)2-5-16)9-7-15(8-10-19)26-33(30,31)20(23,24)25/h1-6,11-12,15,26H,7-10H2/t15-,19+. The van der Waals surface area contributed by atoms with E-state index in [-0.39, 0.29) is 23.3 Å². The highest BCUT2D eigenvalue weighted by molar-refractivity contribution is 7.92. The van der Waals surface area contributed by atoms with Crippen LogP contribution < -0.4 is 4.72 Å². The van der Waals surface area contributed by atoms with Crippen molar-refractivity contribution < 1.29 is 43.6 Å². The fourth-order valence-electron chi connectivity index (χ4n) is 3.97. The van der Waals surface area contributed by atoms with Gasteiger partial charge in [-0.3, -0.25) is 4.79 Å². The van der Waals surface area contributed by atoms with Gasteiger partial charge in [-0.1, -0.05) is 12.1 Å². The Hall–Kier alpha value is -2.38. The number of sulfone groups is 1. The summed E-state index contributed by atoms with van der Waals surface area (Å²) < 4.78 is 116. The van der Waals surface area contributed by atoms with E-state index in [9.17, 15) is 43.6 Å². The topological polar surface area (TPSA) is 97.4 Å². The van der Waals surface area contributed by atoms with E-state index in [1.807, 2.05) is 0 Å². The lowest BCUT2D eigenvalue weighted by Crippen LogP contribution is -2.48. The lowest BCUT2D eigenvalue weighted by molar-refractivity contribution is -0.0452. The summed E-state index contributed by atoms with van der Waals surface area (Å²) in [6, 6.07) is 5.68. The number of nitrogens with one attached hydrogen (secondary N) is 1. The Kier molecular flexibility index (Phi) is 6.70. The molecule has 0 bridgehead atoms. The van der Waals surface area contributed by atoms with E-state index in [1.165, 1.54) is 16.9 Å². The van der Waals surface area contributed by atoms with Gasteiger partial charge < -0.3 is 0 Å². The molecule has 13 heteroatoms. The van der Waals surface area contributed by atoms with Crippen LogP contribution in [0.2, 0.25) is 0 Å². The number of hydrogen-bond acceptors (Lipinski definition) is 5. The molecule has 180 valence electrons. The predicted molar refractivity (Wildman–Crippen MR) is 107 cm³/mol. The summed E-state index contributed by atoms with van der Waals surface area (Å²) in [5, 5.41) is 0. The van der Waals surface area contributed by atoms with Gasteiger partial charge in [-0.05, 0) is 56.0 Å². The molecule has 0 heterocycles. The predicted octanol–water partition coefficient (Wildman–Crippen LogP) is 3.83. The van der Waals surface area contributed by atoms with Gasteiger partial charge in [-0.15, -0.1) is 0 Å². The number of aldehydes is 1. The van der Waals surface area contributed by atoms with E-state index in [0.29, 0.717) is 12.4 Å². The van der Waals surface area contributed by atoms with Gasteiger partial charge >= 0.3 is 15.5 Å². The third kappa shape index (κ3) is 4.66. The van der Waals surface area contributed by atoms with Crippen LogP contribution in [-0.2, 0) is 24.6 Å². The molecule has 2 aromatic rings. The molecule has 1 N–H and O–H groups in total. The number of rotatable bonds is 6. The molecule has 0 unspecified atom stereocenters. The minimum absolute atomic E-state index is 0.171. The largest absolute Gasteiger partial charge is 0.511 e. The first-order chi connectivity index (χ1) is 15.2. The third-order valence-corrected chi connectivity index (χ3v) is 9.48. The van der Waals surface area contributed by atoms with Gasteiger partial charge in [0.1, 0.15) is 22.7 Å². The number of sulfonamides is 1. The summed E-state index contributed by atoms with van der Waals surface area (Å²) in [5.74, 6) is -1.95. The minimum atomic E-state index is -5.68. The van der Waals surface area contributed by atoms with Crippen LogP contribution in [0.15, 0.2) is 47.4 Å². The lowest BCUT2D eigenvalue weighted by Gasteiger charge is -2.40. The molecule has 1 saturated carbocycles. The average Bonchev–Trinajstić information content (AvgIpc) is 2.75. The molecule has 1 aliphatic rings. The van der Waals surface area contributed by atoms with E-state index >= 15 is 0 Å². The van der Waals surface area contributed by atoms with Crippen molar-refractivity contribution in [3.05, 3.63) is 65.2 Å². The van der Waals surface area contributed by atoms with E-state index in [2.05, 4.69) is 0 Å². The molecule has 0 aliphatic heterocycles. The van der Waals surface area contributed by atoms with E-state index in [0.717, 1.165) is 24.3 Å². The summed E-state index contributed by atoms with van der Waals surface area (Å²) >= 11 is 0. The maximum atomic E-state index is 14.8. The molecule has 3 rings (SSSR count). The zero-order valence-corrected chi connectivity index (χ0v) is 18.4. The van der Waals surface area contributed by atoms with Crippen molar-refractivity contribution in [2.75, 3.05) is 0 Å². The van der Waals surface area contributed by atoms with Crippen LogP contribution in [0.25, 0.3) is 0 Å². The smallest absolute Gasteiger partial charge is 0.298 e. The van der Waals surface area contributed by atoms with Gasteiger partial charge in [0, 0.05) is 17.2 Å². The molecule has 0 radical (unpaired) electrons. The quantitative estimate of drug-likeness (QED) is 0.470. The number of alkyl halides is 3. The van der Waals surface area contributed by atoms with Gasteiger partial charge in [0.2, 0.25) is 0 Å². The summed E-state index contributed by atoms with van der Waals surface area (Å²) in [7, 11) is -10.1. The van der Waals surface area contributed by atoms with Crippen LogP contribution in [0, 0.1) is 11.6 Å². The number of benzene rings is 2. The second kappa shape index (κ2) is 8.76. The Labute approximate surface area is 186 Å². The Bertz CT molecular complexity index is 1250. The monoisotopic (exact) mass is 511 g/mol. The Morgan fingerprint density at radius 1 is 0.939 bits per heavy atom. The normalized spacial score (nSPS) is 22.2. The fourth-order valence-corrected chi connectivity index (χ4v) is 6.94. The van der Waals surface area contributed by atoms with Crippen LogP contribution in [0.3, 0.4) is 0 Å². The van der Waals surface area contributed by atoms with E-state index in [1.54, 1.807) is 0 Å². The maximum Gasteiger partial charge on any atom is 0.511 e. The zero-order chi connectivity index (χ0) is 24.7. The summed E-state index contributed by atoms with van der Waals surface area (Å²) in [4.78, 5) is 10.6. The summed E-state index contributed by atoms with van der Waals surface area (Å²) in [6.07, 6.45) is -1.23.